The third-order valence-corrected chi connectivity index (χ3v) is 3.75. The Bertz CT molecular complexity index is 558. The van der Waals surface area contributed by atoms with E-state index in [0.29, 0.717) is 18.5 Å². The highest BCUT2D eigenvalue weighted by Gasteiger charge is 2.04. The van der Waals surface area contributed by atoms with E-state index >= 15 is 0 Å². The standard InChI is InChI=1S/C15H13Br2FO2/c16-10-11-1-6-15(14(18)9-11)20-8-7-19-13-4-2-12(17)3-5-13/h1-6,9H,7-8,10H2. The number of hydrogen-bond donors (Lipinski definition) is 0. The van der Waals surface area contributed by atoms with E-state index in [9.17, 15) is 4.39 Å². The van der Waals surface area contributed by atoms with E-state index in [1.54, 1.807) is 6.07 Å². The number of alkyl halides is 1. The molecule has 20 heavy (non-hydrogen) atoms. The predicted molar refractivity (Wildman–Crippen MR) is 84.2 cm³/mol. The Balaban J connectivity index is 1.79. The summed E-state index contributed by atoms with van der Waals surface area (Å²) in [6.45, 7) is 0.655. The van der Waals surface area contributed by atoms with Crippen LogP contribution in [0.25, 0.3) is 0 Å². The summed E-state index contributed by atoms with van der Waals surface area (Å²) >= 11 is 6.63. The van der Waals surface area contributed by atoms with Crippen LogP contribution in [0.1, 0.15) is 5.56 Å². The van der Waals surface area contributed by atoms with Gasteiger partial charge in [0.25, 0.3) is 0 Å². The molecule has 0 amide bonds. The fraction of sp³-hybridized carbons (Fsp3) is 0.200. The molecular formula is C15H13Br2FO2. The fourth-order valence-corrected chi connectivity index (χ4v) is 2.20. The molecule has 2 rings (SSSR count). The van der Waals surface area contributed by atoms with Crippen molar-refractivity contribution in [3.05, 3.63) is 58.3 Å². The molecule has 2 nitrogen and oxygen atoms in total. The van der Waals surface area contributed by atoms with E-state index in [2.05, 4.69) is 31.9 Å². The Morgan fingerprint density at radius 3 is 2.30 bits per heavy atom. The third kappa shape index (κ3) is 4.49. The molecule has 0 saturated heterocycles. The molecule has 0 aliphatic heterocycles. The molecule has 0 atom stereocenters. The minimum Gasteiger partial charge on any atom is -0.490 e. The molecule has 106 valence electrons. The van der Waals surface area contributed by atoms with E-state index in [1.807, 2.05) is 30.3 Å². The lowest BCUT2D eigenvalue weighted by Crippen LogP contribution is -2.09. The summed E-state index contributed by atoms with van der Waals surface area (Å²) in [6.07, 6.45) is 0. The van der Waals surface area contributed by atoms with E-state index in [4.69, 9.17) is 9.47 Å². The summed E-state index contributed by atoms with van der Waals surface area (Å²) in [5.74, 6) is 0.645. The van der Waals surface area contributed by atoms with Gasteiger partial charge in [0.05, 0.1) is 0 Å². The van der Waals surface area contributed by atoms with Gasteiger partial charge in [-0.1, -0.05) is 37.9 Å². The minimum absolute atomic E-state index is 0.245. The van der Waals surface area contributed by atoms with Crippen LogP contribution in [-0.4, -0.2) is 13.2 Å². The normalized spacial score (nSPS) is 10.3. The molecule has 0 saturated carbocycles. The topological polar surface area (TPSA) is 18.5 Å². The van der Waals surface area contributed by atoms with Gasteiger partial charge in [0.2, 0.25) is 0 Å². The molecule has 0 aromatic heterocycles. The van der Waals surface area contributed by atoms with Crippen LogP contribution >= 0.6 is 31.9 Å². The Kier molecular flexibility index (Phi) is 5.86. The molecule has 0 unspecified atom stereocenters. The number of hydrogen-bond acceptors (Lipinski definition) is 2. The molecule has 0 radical (unpaired) electrons. The molecule has 0 spiro atoms. The quantitative estimate of drug-likeness (QED) is 0.502. The van der Waals surface area contributed by atoms with Crippen LogP contribution in [0.15, 0.2) is 46.9 Å². The van der Waals surface area contributed by atoms with Crippen LogP contribution in [0.5, 0.6) is 11.5 Å². The van der Waals surface area contributed by atoms with Gasteiger partial charge in [-0.25, -0.2) is 4.39 Å². The van der Waals surface area contributed by atoms with Gasteiger partial charge < -0.3 is 9.47 Å². The average molecular weight is 404 g/mol. The SMILES string of the molecule is Fc1cc(CBr)ccc1OCCOc1ccc(Br)cc1. The molecule has 0 aliphatic carbocycles. The maximum Gasteiger partial charge on any atom is 0.165 e. The molecule has 0 bridgehead atoms. The predicted octanol–water partition coefficient (Wildman–Crippen LogP) is 4.94. The van der Waals surface area contributed by atoms with Gasteiger partial charge in [-0.05, 0) is 42.0 Å². The second-order valence-corrected chi connectivity index (χ2v) is 5.53. The maximum atomic E-state index is 13.6. The number of halogens is 3. The molecule has 0 fully saturated rings. The molecule has 5 heteroatoms. The Morgan fingerprint density at radius 2 is 1.65 bits per heavy atom. The summed E-state index contributed by atoms with van der Waals surface area (Å²) in [5, 5.41) is 0.622. The van der Waals surface area contributed by atoms with Crippen molar-refractivity contribution < 1.29 is 13.9 Å². The largest absolute Gasteiger partial charge is 0.490 e. The lowest BCUT2D eigenvalue weighted by atomic mass is 10.2. The van der Waals surface area contributed by atoms with Gasteiger partial charge >= 0.3 is 0 Å². The molecule has 0 aliphatic rings. The van der Waals surface area contributed by atoms with Gasteiger partial charge in [0, 0.05) is 9.80 Å². The van der Waals surface area contributed by atoms with Crippen molar-refractivity contribution in [2.75, 3.05) is 13.2 Å². The Labute approximate surface area is 134 Å². The second-order valence-electron chi connectivity index (χ2n) is 4.05. The summed E-state index contributed by atoms with van der Waals surface area (Å²) in [6, 6.07) is 12.4. The molecule has 0 heterocycles. The molecule has 2 aromatic rings. The number of ether oxygens (including phenoxy) is 2. The monoisotopic (exact) mass is 402 g/mol. The smallest absolute Gasteiger partial charge is 0.165 e. The Hall–Kier alpha value is -1.07. The van der Waals surface area contributed by atoms with E-state index in [0.717, 1.165) is 15.8 Å². The first kappa shape index (κ1) is 15.3. The van der Waals surface area contributed by atoms with Gasteiger partial charge in [-0.3, -0.25) is 0 Å². The maximum absolute atomic E-state index is 13.6. The fourth-order valence-electron chi connectivity index (χ4n) is 1.59. The summed E-state index contributed by atoms with van der Waals surface area (Å²) in [4.78, 5) is 0. The minimum atomic E-state index is -0.356. The highest BCUT2D eigenvalue weighted by atomic mass is 79.9. The zero-order valence-corrected chi connectivity index (χ0v) is 13.8. The lowest BCUT2D eigenvalue weighted by molar-refractivity contribution is 0.211. The lowest BCUT2D eigenvalue weighted by Gasteiger charge is -2.09. The van der Waals surface area contributed by atoms with E-state index in [1.165, 1.54) is 6.07 Å². The van der Waals surface area contributed by atoms with Gasteiger partial charge in [0.1, 0.15) is 19.0 Å². The first-order chi connectivity index (χ1) is 9.69. The van der Waals surface area contributed by atoms with Gasteiger partial charge in [-0.2, -0.15) is 0 Å². The van der Waals surface area contributed by atoms with Gasteiger partial charge in [-0.15, -0.1) is 0 Å². The van der Waals surface area contributed by atoms with Crippen molar-refractivity contribution in [2.24, 2.45) is 0 Å². The van der Waals surface area contributed by atoms with Crippen molar-refractivity contribution >= 4 is 31.9 Å². The second kappa shape index (κ2) is 7.64. The highest BCUT2D eigenvalue weighted by Crippen LogP contribution is 2.20. The van der Waals surface area contributed by atoms with Crippen LogP contribution in [0.4, 0.5) is 4.39 Å². The van der Waals surface area contributed by atoms with E-state index in [-0.39, 0.29) is 11.6 Å². The zero-order chi connectivity index (χ0) is 14.4. The molecular weight excluding hydrogens is 391 g/mol. The van der Waals surface area contributed by atoms with Crippen LogP contribution < -0.4 is 9.47 Å². The molecule has 2 aromatic carbocycles. The van der Waals surface area contributed by atoms with Crippen LogP contribution in [0, 0.1) is 5.82 Å². The zero-order valence-electron chi connectivity index (χ0n) is 10.6. The van der Waals surface area contributed by atoms with Crippen molar-refractivity contribution in [3.8, 4) is 11.5 Å². The van der Waals surface area contributed by atoms with Crippen molar-refractivity contribution in [1.29, 1.82) is 0 Å². The number of rotatable bonds is 6. The van der Waals surface area contributed by atoms with Crippen molar-refractivity contribution in [2.45, 2.75) is 5.33 Å². The van der Waals surface area contributed by atoms with Crippen molar-refractivity contribution in [3.63, 3.8) is 0 Å². The summed E-state index contributed by atoms with van der Waals surface area (Å²) in [7, 11) is 0. The summed E-state index contributed by atoms with van der Waals surface area (Å²) < 4.78 is 25.5. The first-order valence-corrected chi connectivity index (χ1v) is 7.96. The van der Waals surface area contributed by atoms with Crippen LogP contribution in [0.2, 0.25) is 0 Å². The number of benzene rings is 2. The average Bonchev–Trinajstić information content (AvgIpc) is 2.46. The van der Waals surface area contributed by atoms with E-state index < -0.39 is 0 Å². The van der Waals surface area contributed by atoms with Gasteiger partial charge in [0.15, 0.2) is 11.6 Å². The first-order valence-electron chi connectivity index (χ1n) is 6.04. The highest BCUT2D eigenvalue weighted by molar-refractivity contribution is 9.10. The van der Waals surface area contributed by atoms with Crippen molar-refractivity contribution in [1.82, 2.24) is 0 Å². The molecule has 0 N–H and O–H groups in total. The Morgan fingerprint density at radius 1 is 0.950 bits per heavy atom. The third-order valence-electron chi connectivity index (χ3n) is 2.57. The van der Waals surface area contributed by atoms with Crippen LogP contribution in [0.3, 0.4) is 0 Å². The van der Waals surface area contributed by atoms with Crippen LogP contribution in [-0.2, 0) is 5.33 Å². The summed E-state index contributed by atoms with van der Waals surface area (Å²) in [5.41, 5.74) is 0.876.